The van der Waals surface area contributed by atoms with Gasteiger partial charge < -0.3 is 5.32 Å². The molecule has 1 N–H and O–H groups in total. The first kappa shape index (κ1) is 18.0. The fourth-order valence-corrected chi connectivity index (χ4v) is 6.27. The molecule has 0 saturated carbocycles. The maximum atomic E-state index is 14.2. The highest BCUT2D eigenvalue weighted by Gasteiger charge is 2.74. The van der Waals surface area contributed by atoms with E-state index in [1.165, 1.54) is 18.2 Å². The van der Waals surface area contributed by atoms with E-state index in [0.717, 1.165) is 11.3 Å². The number of halogens is 2. The fourth-order valence-electron chi connectivity index (χ4n) is 6.05. The van der Waals surface area contributed by atoms with E-state index in [9.17, 15) is 18.8 Å². The summed E-state index contributed by atoms with van der Waals surface area (Å²) < 4.78 is 14.2. The van der Waals surface area contributed by atoms with E-state index in [1.807, 2.05) is 4.90 Å². The number of fused-ring (bicyclic) bond motifs is 7. The maximum absolute atomic E-state index is 14.2. The molecule has 0 aromatic heterocycles. The van der Waals surface area contributed by atoms with Gasteiger partial charge in [-0.3, -0.25) is 19.3 Å². The average Bonchev–Trinajstić information content (AvgIpc) is 3.42. The van der Waals surface area contributed by atoms with Gasteiger partial charge in [-0.1, -0.05) is 23.7 Å². The van der Waals surface area contributed by atoms with Crippen molar-refractivity contribution in [1.82, 2.24) is 4.90 Å². The van der Waals surface area contributed by atoms with Gasteiger partial charge in [-0.15, -0.1) is 0 Å². The lowest BCUT2D eigenvalue weighted by molar-refractivity contribution is -0.135. The third-order valence-electron chi connectivity index (χ3n) is 7.05. The zero-order valence-corrected chi connectivity index (χ0v) is 16.5. The van der Waals surface area contributed by atoms with Gasteiger partial charge in [-0.2, -0.15) is 0 Å². The number of hydrogen-bond donors (Lipinski definition) is 1. The van der Waals surface area contributed by atoms with Crippen LogP contribution >= 0.6 is 11.6 Å². The Hall–Kier alpha value is -2.77. The lowest BCUT2D eigenvalue weighted by atomic mass is 9.75. The molecule has 3 saturated heterocycles. The van der Waals surface area contributed by atoms with Gasteiger partial charge >= 0.3 is 0 Å². The SMILES string of the molecule is O=C1[C@@H]2[C@@H]3CCCN3[C@@]3(C(=O)Nc4ccc(F)cc43)[C@H]2C(=O)N1c1ccccc1Cl. The standard InChI is InChI=1S/C22H17ClFN3O3/c23-13-4-1-2-5-15(13)27-19(28)17-16-6-3-9-26(16)22(18(17)20(27)29)12-10-11(24)7-8-14(12)25-21(22)30/h1-2,4-5,7-8,10,16-18H,3,6,9H2,(H,25,30)/t16-,17+,18+,22+/m0/s1. The number of nitrogens with one attached hydrogen (secondary N) is 1. The predicted molar refractivity (Wildman–Crippen MR) is 107 cm³/mol. The Balaban J connectivity index is 1.58. The van der Waals surface area contributed by atoms with Crippen LogP contribution in [0.15, 0.2) is 42.5 Å². The van der Waals surface area contributed by atoms with Crippen LogP contribution in [0.5, 0.6) is 0 Å². The van der Waals surface area contributed by atoms with Crippen molar-refractivity contribution in [1.29, 1.82) is 0 Å². The third-order valence-corrected chi connectivity index (χ3v) is 7.37. The maximum Gasteiger partial charge on any atom is 0.250 e. The van der Waals surface area contributed by atoms with Crippen molar-refractivity contribution in [2.45, 2.75) is 24.4 Å². The molecule has 2 aromatic rings. The molecule has 4 aliphatic heterocycles. The monoisotopic (exact) mass is 425 g/mol. The number of imide groups is 1. The second kappa shape index (κ2) is 5.89. The first-order valence-electron chi connectivity index (χ1n) is 9.97. The van der Waals surface area contributed by atoms with Crippen molar-refractivity contribution < 1.29 is 18.8 Å². The van der Waals surface area contributed by atoms with Crippen LogP contribution in [0, 0.1) is 17.7 Å². The van der Waals surface area contributed by atoms with Gasteiger partial charge in [0.05, 0.1) is 22.5 Å². The fraction of sp³-hybridized carbons (Fsp3) is 0.318. The van der Waals surface area contributed by atoms with Gasteiger partial charge in [-0.25, -0.2) is 9.29 Å². The predicted octanol–water partition coefficient (Wildman–Crippen LogP) is 2.91. The molecular formula is C22H17ClFN3O3. The van der Waals surface area contributed by atoms with Crippen LogP contribution in [0.3, 0.4) is 0 Å². The summed E-state index contributed by atoms with van der Waals surface area (Å²) in [6, 6.07) is 10.5. The molecule has 8 heteroatoms. The van der Waals surface area contributed by atoms with Crippen molar-refractivity contribution in [2.24, 2.45) is 11.8 Å². The van der Waals surface area contributed by atoms with E-state index in [2.05, 4.69) is 5.32 Å². The molecule has 2 aromatic carbocycles. The Labute approximate surface area is 176 Å². The zero-order chi connectivity index (χ0) is 20.8. The summed E-state index contributed by atoms with van der Waals surface area (Å²) in [4.78, 5) is 43.8. The Kier molecular flexibility index (Phi) is 3.54. The van der Waals surface area contributed by atoms with Gasteiger partial charge in [-0.05, 0) is 49.7 Å². The number of hydrogen-bond acceptors (Lipinski definition) is 4. The van der Waals surface area contributed by atoms with Gasteiger partial charge in [0.25, 0.3) is 0 Å². The van der Waals surface area contributed by atoms with E-state index in [4.69, 9.17) is 11.6 Å². The molecule has 4 heterocycles. The third kappa shape index (κ3) is 1.95. The normalized spacial score (nSPS) is 32.0. The molecule has 3 fully saturated rings. The van der Waals surface area contributed by atoms with E-state index < -0.39 is 29.1 Å². The first-order valence-corrected chi connectivity index (χ1v) is 10.3. The first-order chi connectivity index (χ1) is 14.5. The number of benzene rings is 2. The summed E-state index contributed by atoms with van der Waals surface area (Å²) in [6.07, 6.45) is 1.51. The second-order valence-electron chi connectivity index (χ2n) is 8.28. The number of para-hydroxylation sites is 1. The number of carbonyl (C=O) groups is 3. The van der Waals surface area contributed by atoms with Crippen LogP contribution in [-0.4, -0.2) is 35.2 Å². The van der Waals surface area contributed by atoms with Crippen LogP contribution < -0.4 is 10.2 Å². The molecule has 0 radical (unpaired) electrons. The molecule has 0 aliphatic carbocycles. The largest absolute Gasteiger partial charge is 0.324 e. The molecular weight excluding hydrogens is 409 g/mol. The number of anilines is 2. The lowest BCUT2D eigenvalue weighted by Gasteiger charge is -2.36. The lowest BCUT2D eigenvalue weighted by Crippen LogP contribution is -2.54. The molecule has 0 bridgehead atoms. The molecule has 4 atom stereocenters. The Bertz CT molecular complexity index is 1150. The summed E-state index contributed by atoms with van der Waals surface area (Å²) in [6.45, 7) is 0.577. The minimum Gasteiger partial charge on any atom is -0.324 e. The summed E-state index contributed by atoms with van der Waals surface area (Å²) >= 11 is 6.30. The van der Waals surface area contributed by atoms with E-state index in [1.54, 1.807) is 24.3 Å². The van der Waals surface area contributed by atoms with Crippen LogP contribution in [0.2, 0.25) is 5.02 Å². The van der Waals surface area contributed by atoms with Gasteiger partial charge in [0, 0.05) is 17.3 Å². The summed E-state index contributed by atoms with van der Waals surface area (Å²) in [5.41, 5.74) is -0.134. The Morgan fingerprint density at radius 3 is 2.70 bits per heavy atom. The van der Waals surface area contributed by atoms with Gasteiger partial charge in [0.1, 0.15) is 11.4 Å². The van der Waals surface area contributed by atoms with Crippen LogP contribution in [0.25, 0.3) is 0 Å². The van der Waals surface area contributed by atoms with Crippen LogP contribution in [-0.2, 0) is 19.9 Å². The van der Waals surface area contributed by atoms with E-state index in [0.29, 0.717) is 34.9 Å². The minimum absolute atomic E-state index is 0.251. The van der Waals surface area contributed by atoms with Gasteiger partial charge in [0.15, 0.2) is 0 Å². The minimum atomic E-state index is -1.38. The molecule has 1 spiro atoms. The molecule has 3 amide bonds. The second-order valence-corrected chi connectivity index (χ2v) is 8.69. The zero-order valence-electron chi connectivity index (χ0n) is 15.8. The molecule has 0 unspecified atom stereocenters. The number of rotatable bonds is 1. The molecule has 30 heavy (non-hydrogen) atoms. The molecule has 4 aliphatic rings. The molecule has 6 nitrogen and oxygen atoms in total. The topological polar surface area (TPSA) is 69.7 Å². The number of nitrogens with zero attached hydrogens (tertiary/aromatic N) is 2. The van der Waals surface area contributed by atoms with Crippen molar-refractivity contribution in [3.05, 3.63) is 58.9 Å². The Morgan fingerprint density at radius 2 is 1.90 bits per heavy atom. The summed E-state index contributed by atoms with van der Waals surface area (Å²) in [5.74, 6) is -3.25. The highest BCUT2D eigenvalue weighted by molar-refractivity contribution is 6.36. The highest BCUT2D eigenvalue weighted by Crippen LogP contribution is 2.60. The smallest absolute Gasteiger partial charge is 0.250 e. The van der Waals surface area contributed by atoms with Crippen molar-refractivity contribution >= 4 is 40.7 Å². The van der Waals surface area contributed by atoms with Gasteiger partial charge in [0.2, 0.25) is 17.7 Å². The molecule has 6 rings (SSSR count). The van der Waals surface area contributed by atoms with Crippen LogP contribution in [0.1, 0.15) is 18.4 Å². The molecule has 152 valence electrons. The Morgan fingerprint density at radius 1 is 1.10 bits per heavy atom. The average molecular weight is 426 g/mol. The summed E-state index contributed by atoms with van der Waals surface area (Å²) in [5, 5.41) is 3.12. The van der Waals surface area contributed by atoms with E-state index in [-0.39, 0.29) is 17.9 Å². The van der Waals surface area contributed by atoms with E-state index >= 15 is 0 Å². The summed E-state index contributed by atoms with van der Waals surface area (Å²) in [7, 11) is 0. The van der Waals surface area contributed by atoms with Crippen molar-refractivity contribution in [2.75, 3.05) is 16.8 Å². The number of carbonyl (C=O) groups excluding carboxylic acids is 3. The van der Waals surface area contributed by atoms with Crippen LogP contribution in [0.4, 0.5) is 15.8 Å². The number of amides is 3. The van der Waals surface area contributed by atoms with Crippen molar-refractivity contribution in [3.63, 3.8) is 0 Å². The quantitative estimate of drug-likeness (QED) is 0.713. The highest BCUT2D eigenvalue weighted by atomic mass is 35.5. The van der Waals surface area contributed by atoms with Crippen molar-refractivity contribution in [3.8, 4) is 0 Å².